The van der Waals surface area contributed by atoms with Crippen molar-refractivity contribution in [3.63, 3.8) is 0 Å². The molecule has 0 atom stereocenters. The van der Waals surface area contributed by atoms with Crippen LogP contribution in [0.25, 0.3) is 11.5 Å². The van der Waals surface area contributed by atoms with Gasteiger partial charge in [0.2, 0.25) is 26.6 Å². The molecule has 0 spiro atoms. The average Bonchev–Trinajstić information content (AvgIpc) is 3.12. The van der Waals surface area contributed by atoms with Gasteiger partial charge in [-0.2, -0.15) is 4.98 Å². The molecule has 1 heterocycles. The van der Waals surface area contributed by atoms with Crippen LogP contribution >= 0.6 is 15.9 Å². The van der Waals surface area contributed by atoms with E-state index in [9.17, 15) is 12.8 Å². The number of sulfone groups is 1. The maximum Gasteiger partial charge on any atom is 0.238 e. The van der Waals surface area contributed by atoms with Crippen molar-refractivity contribution in [1.29, 1.82) is 0 Å². The predicted molar refractivity (Wildman–Crippen MR) is 121 cm³/mol. The summed E-state index contributed by atoms with van der Waals surface area (Å²) in [7, 11) is -4.07. The Hall–Kier alpha value is -2.97. The molecule has 0 fully saturated rings. The van der Waals surface area contributed by atoms with Gasteiger partial charge in [0.15, 0.2) is 0 Å². The first kappa shape index (κ1) is 21.3. The lowest BCUT2D eigenvalue weighted by molar-refractivity contribution is 0.581. The van der Waals surface area contributed by atoms with Crippen LogP contribution in [0.5, 0.6) is 0 Å². The molecule has 0 aliphatic rings. The standard InChI is InChI=1S/C23H18BrFN2O3S/c1-14-11-15(2)13-19(12-14)26-22-23(31(28,29)20-9-7-18(25)8-10-20)27-21(30-22)16-3-5-17(24)6-4-16/h3-13,26H,1-2H3. The molecule has 4 aromatic rings. The molecule has 0 aliphatic heterocycles. The first-order valence-electron chi connectivity index (χ1n) is 9.35. The maximum atomic E-state index is 13.3. The highest BCUT2D eigenvalue weighted by Crippen LogP contribution is 2.34. The molecule has 1 aromatic heterocycles. The SMILES string of the molecule is Cc1cc(C)cc(Nc2oc(-c3ccc(Br)cc3)nc2S(=O)(=O)c2ccc(F)cc2)c1. The Labute approximate surface area is 188 Å². The highest BCUT2D eigenvalue weighted by atomic mass is 79.9. The zero-order valence-electron chi connectivity index (χ0n) is 16.7. The number of anilines is 2. The second-order valence-corrected chi connectivity index (χ2v) is 9.90. The Kier molecular flexibility index (Phi) is 5.68. The molecule has 31 heavy (non-hydrogen) atoms. The lowest BCUT2D eigenvalue weighted by atomic mass is 10.1. The van der Waals surface area contributed by atoms with Crippen LogP contribution in [0.2, 0.25) is 0 Å². The van der Waals surface area contributed by atoms with E-state index in [0.717, 1.165) is 27.7 Å². The van der Waals surface area contributed by atoms with Crippen LogP contribution < -0.4 is 5.32 Å². The van der Waals surface area contributed by atoms with E-state index in [2.05, 4.69) is 26.2 Å². The molecular formula is C23H18BrFN2O3S. The number of nitrogens with one attached hydrogen (secondary N) is 1. The van der Waals surface area contributed by atoms with Gasteiger partial charge in [0.25, 0.3) is 0 Å². The number of rotatable bonds is 5. The van der Waals surface area contributed by atoms with Gasteiger partial charge in [-0.1, -0.05) is 22.0 Å². The summed E-state index contributed by atoms with van der Waals surface area (Å²) in [4.78, 5) is 4.22. The summed E-state index contributed by atoms with van der Waals surface area (Å²) in [6.07, 6.45) is 0. The molecule has 158 valence electrons. The van der Waals surface area contributed by atoms with E-state index in [4.69, 9.17) is 4.42 Å². The third-order valence-electron chi connectivity index (χ3n) is 4.55. The summed E-state index contributed by atoms with van der Waals surface area (Å²) in [5.74, 6) is -0.379. The molecule has 0 radical (unpaired) electrons. The highest BCUT2D eigenvalue weighted by molar-refractivity contribution is 9.10. The second kappa shape index (κ2) is 8.28. The first-order chi connectivity index (χ1) is 14.7. The summed E-state index contributed by atoms with van der Waals surface area (Å²) in [5, 5.41) is 2.78. The largest absolute Gasteiger partial charge is 0.419 e. The molecule has 3 aromatic carbocycles. The molecule has 0 bridgehead atoms. The number of nitrogens with zero attached hydrogens (tertiary/aromatic N) is 1. The van der Waals surface area contributed by atoms with E-state index >= 15 is 0 Å². The van der Waals surface area contributed by atoms with Crippen molar-refractivity contribution in [2.75, 3.05) is 5.32 Å². The number of aromatic nitrogens is 1. The minimum Gasteiger partial charge on any atom is -0.419 e. The Bertz CT molecular complexity index is 1330. The van der Waals surface area contributed by atoms with Crippen LogP contribution in [0.4, 0.5) is 16.0 Å². The van der Waals surface area contributed by atoms with E-state index in [1.807, 2.05) is 44.2 Å². The van der Waals surface area contributed by atoms with E-state index in [1.54, 1.807) is 12.1 Å². The van der Waals surface area contributed by atoms with E-state index in [1.165, 1.54) is 12.1 Å². The van der Waals surface area contributed by atoms with Gasteiger partial charge in [0.05, 0.1) is 4.90 Å². The van der Waals surface area contributed by atoms with E-state index in [-0.39, 0.29) is 21.7 Å². The summed E-state index contributed by atoms with van der Waals surface area (Å²) < 4.78 is 46.7. The summed E-state index contributed by atoms with van der Waals surface area (Å²) >= 11 is 3.37. The fourth-order valence-electron chi connectivity index (χ4n) is 3.19. The quantitative estimate of drug-likeness (QED) is 0.319. The topological polar surface area (TPSA) is 72.2 Å². The van der Waals surface area contributed by atoms with Crippen molar-refractivity contribution >= 4 is 37.3 Å². The van der Waals surface area contributed by atoms with Crippen molar-refractivity contribution in [1.82, 2.24) is 4.98 Å². The van der Waals surface area contributed by atoms with Gasteiger partial charge in [-0.25, -0.2) is 12.8 Å². The van der Waals surface area contributed by atoms with Crippen molar-refractivity contribution in [2.45, 2.75) is 23.8 Å². The van der Waals surface area contributed by atoms with Crippen molar-refractivity contribution < 1.29 is 17.2 Å². The van der Waals surface area contributed by atoms with Gasteiger partial charge in [0, 0.05) is 15.7 Å². The van der Waals surface area contributed by atoms with Crippen molar-refractivity contribution in [3.8, 4) is 11.5 Å². The van der Waals surface area contributed by atoms with Gasteiger partial charge >= 0.3 is 0 Å². The molecule has 0 saturated heterocycles. The first-order valence-corrected chi connectivity index (χ1v) is 11.6. The van der Waals surface area contributed by atoms with Crippen LogP contribution in [0, 0.1) is 19.7 Å². The Balaban J connectivity index is 1.85. The Morgan fingerprint density at radius 3 is 2.16 bits per heavy atom. The zero-order chi connectivity index (χ0) is 22.2. The second-order valence-electron chi connectivity index (χ2n) is 7.12. The molecule has 0 saturated carbocycles. The third kappa shape index (κ3) is 4.55. The summed E-state index contributed by atoms with van der Waals surface area (Å²) in [6.45, 7) is 3.89. The number of halogens is 2. The number of hydrogen-bond acceptors (Lipinski definition) is 5. The minimum atomic E-state index is -4.07. The maximum absolute atomic E-state index is 13.3. The third-order valence-corrected chi connectivity index (χ3v) is 6.75. The number of hydrogen-bond donors (Lipinski definition) is 1. The molecule has 5 nitrogen and oxygen atoms in total. The molecule has 0 unspecified atom stereocenters. The fourth-order valence-corrected chi connectivity index (χ4v) is 4.71. The van der Waals surface area contributed by atoms with Crippen molar-refractivity contribution in [3.05, 3.63) is 88.1 Å². The molecule has 4 rings (SSSR count). The van der Waals surface area contributed by atoms with E-state index < -0.39 is 15.7 Å². The normalized spacial score (nSPS) is 11.5. The van der Waals surface area contributed by atoms with Crippen LogP contribution in [0.1, 0.15) is 11.1 Å². The van der Waals surface area contributed by atoms with Crippen LogP contribution in [0.15, 0.2) is 85.5 Å². The highest BCUT2D eigenvalue weighted by Gasteiger charge is 2.29. The molecular weight excluding hydrogens is 483 g/mol. The van der Waals surface area contributed by atoms with Gasteiger partial charge in [-0.05, 0) is 85.6 Å². The molecule has 0 amide bonds. The van der Waals surface area contributed by atoms with Crippen LogP contribution in [0.3, 0.4) is 0 Å². The molecule has 1 N–H and O–H groups in total. The number of oxazole rings is 1. The van der Waals surface area contributed by atoms with E-state index in [0.29, 0.717) is 11.3 Å². The zero-order valence-corrected chi connectivity index (χ0v) is 19.1. The molecule has 8 heteroatoms. The van der Waals surface area contributed by atoms with Gasteiger partial charge in [-0.3, -0.25) is 0 Å². The van der Waals surface area contributed by atoms with Crippen molar-refractivity contribution in [2.24, 2.45) is 0 Å². The van der Waals surface area contributed by atoms with Crippen LogP contribution in [-0.4, -0.2) is 13.4 Å². The monoisotopic (exact) mass is 500 g/mol. The summed E-state index contributed by atoms with van der Waals surface area (Å²) in [6, 6.07) is 17.5. The summed E-state index contributed by atoms with van der Waals surface area (Å²) in [5.41, 5.74) is 3.31. The minimum absolute atomic E-state index is 0.00718. The number of benzene rings is 3. The Morgan fingerprint density at radius 2 is 1.55 bits per heavy atom. The van der Waals surface area contributed by atoms with Gasteiger partial charge < -0.3 is 9.73 Å². The molecule has 0 aliphatic carbocycles. The van der Waals surface area contributed by atoms with Crippen LogP contribution in [-0.2, 0) is 9.84 Å². The van der Waals surface area contributed by atoms with Gasteiger partial charge in [0.1, 0.15) is 5.82 Å². The number of aryl methyl sites for hydroxylation is 2. The Morgan fingerprint density at radius 1 is 0.935 bits per heavy atom. The predicted octanol–water partition coefficient (Wildman–Crippen LogP) is 6.44. The average molecular weight is 501 g/mol. The smallest absolute Gasteiger partial charge is 0.238 e. The lowest BCUT2D eigenvalue weighted by Crippen LogP contribution is -2.05. The van der Waals surface area contributed by atoms with Gasteiger partial charge in [-0.15, -0.1) is 0 Å². The fraction of sp³-hybridized carbons (Fsp3) is 0.0870. The lowest BCUT2D eigenvalue weighted by Gasteiger charge is -2.08.